The van der Waals surface area contributed by atoms with Crippen LogP contribution in [0.4, 0.5) is 5.13 Å². The first kappa shape index (κ1) is 18.1. The van der Waals surface area contributed by atoms with Gasteiger partial charge in [0.25, 0.3) is 0 Å². The van der Waals surface area contributed by atoms with Crippen LogP contribution in [-0.2, 0) is 11.3 Å². The molecule has 3 aromatic rings. The Balaban J connectivity index is 1.31. The van der Waals surface area contributed by atoms with Crippen molar-refractivity contribution in [2.45, 2.75) is 33.2 Å². The largest absolute Gasteiger partial charge is 0.330 e. The van der Waals surface area contributed by atoms with E-state index in [1.807, 2.05) is 6.33 Å². The number of amides is 1. The van der Waals surface area contributed by atoms with Gasteiger partial charge in [0.2, 0.25) is 11.0 Å². The van der Waals surface area contributed by atoms with Crippen molar-refractivity contribution in [1.82, 2.24) is 24.6 Å². The molecule has 1 saturated heterocycles. The fraction of sp³-hybridized carbons (Fsp3) is 0.474. The first-order chi connectivity index (χ1) is 13.1. The van der Waals surface area contributed by atoms with E-state index in [1.165, 1.54) is 28.0 Å². The summed E-state index contributed by atoms with van der Waals surface area (Å²) in [6.45, 7) is 7.57. The molecule has 1 N–H and O–H groups in total. The molecule has 27 heavy (non-hydrogen) atoms. The van der Waals surface area contributed by atoms with Crippen LogP contribution in [0, 0.1) is 19.8 Å². The van der Waals surface area contributed by atoms with Gasteiger partial charge in [0, 0.05) is 6.54 Å². The number of likely N-dealkylation sites (tertiary alicyclic amines) is 1. The van der Waals surface area contributed by atoms with Gasteiger partial charge in [-0.3, -0.25) is 15.0 Å². The number of rotatable bonds is 5. The lowest BCUT2D eigenvalue weighted by Gasteiger charge is -2.31. The van der Waals surface area contributed by atoms with Crippen molar-refractivity contribution in [3.63, 3.8) is 0 Å². The van der Waals surface area contributed by atoms with E-state index in [0.29, 0.717) is 17.6 Å². The van der Waals surface area contributed by atoms with Gasteiger partial charge < -0.3 is 4.57 Å². The van der Waals surface area contributed by atoms with Crippen LogP contribution in [0.25, 0.3) is 11.0 Å². The van der Waals surface area contributed by atoms with Gasteiger partial charge in [-0.05, 0) is 69.0 Å². The highest BCUT2D eigenvalue weighted by Crippen LogP contribution is 2.23. The van der Waals surface area contributed by atoms with E-state index in [9.17, 15) is 4.79 Å². The van der Waals surface area contributed by atoms with E-state index in [0.717, 1.165) is 38.0 Å². The first-order valence-corrected chi connectivity index (χ1v) is 10.2. The lowest BCUT2D eigenvalue weighted by molar-refractivity contribution is -0.117. The highest BCUT2D eigenvalue weighted by molar-refractivity contribution is 7.13. The maximum Gasteiger partial charge on any atom is 0.240 e. The molecule has 0 unspecified atom stereocenters. The minimum atomic E-state index is -0.0170. The molecule has 0 aliphatic carbocycles. The molecule has 1 aromatic carbocycles. The minimum absolute atomic E-state index is 0.0170. The smallest absolute Gasteiger partial charge is 0.240 e. The van der Waals surface area contributed by atoms with Crippen LogP contribution in [0.2, 0.25) is 0 Å². The highest BCUT2D eigenvalue weighted by Gasteiger charge is 2.22. The zero-order valence-electron chi connectivity index (χ0n) is 15.7. The first-order valence-electron chi connectivity index (χ1n) is 9.29. The van der Waals surface area contributed by atoms with Crippen LogP contribution in [0.1, 0.15) is 24.0 Å². The zero-order chi connectivity index (χ0) is 18.8. The molecular formula is C19H24N6OS. The summed E-state index contributed by atoms with van der Waals surface area (Å²) in [4.78, 5) is 18.9. The number of hydrogen-bond donors (Lipinski definition) is 1. The maximum atomic E-state index is 12.1. The molecule has 2 aromatic heterocycles. The van der Waals surface area contributed by atoms with Crippen molar-refractivity contribution >= 4 is 33.4 Å². The molecule has 142 valence electrons. The van der Waals surface area contributed by atoms with Crippen molar-refractivity contribution in [2.75, 3.05) is 25.0 Å². The summed E-state index contributed by atoms with van der Waals surface area (Å²) in [5.41, 5.74) is 6.50. The number of aromatic nitrogens is 4. The lowest BCUT2D eigenvalue weighted by Crippen LogP contribution is -2.39. The molecule has 0 atom stereocenters. The molecule has 7 nitrogen and oxygen atoms in total. The Hall–Kier alpha value is -2.32. The van der Waals surface area contributed by atoms with Gasteiger partial charge in [-0.25, -0.2) is 4.98 Å². The summed E-state index contributed by atoms with van der Waals surface area (Å²) in [6, 6.07) is 4.41. The Kier molecular flexibility index (Phi) is 5.18. The number of benzene rings is 1. The molecule has 4 rings (SSSR count). The number of hydrogen-bond acceptors (Lipinski definition) is 6. The minimum Gasteiger partial charge on any atom is -0.330 e. The number of imidazole rings is 1. The van der Waals surface area contributed by atoms with Gasteiger partial charge in [-0.2, -0.15) is 0 Å². The Morgan fingerprint density at radius 2 is 2.04 bits per heavy atom. The van der Waals surface area contributed by atoms with Crippen molar-refractivity contribution in [1.29, 1.82) is 0 Å². The van der Waals surface area contributed by atoms with Crippen LogP contribution in [-0.4, -0.2) is 50.2 Å². The number of nitrogens with one attached hydrogen (secondary N) is 1. The molecule has 0 bridgehead atoms. The third-order valence-corrected chi connectivity index (χ3v) is 5.98. The monoisotopic (exact) mass is 384 g/mol. The number of anilines is 1. The van der Waals surface area contributed by atoms with Gasteiger partial charge in [0.05, 0.1) is 23.9 Å². The van der Waals surface area contributed by atoms with Crippen molar-refractivity contribution in [3.8, 4) is 0 Å². The average Bonchev–Trinajstić information content (AvgIpc) is 3.28. The Morgan fingerprint density at radius 3 is 2.78 bits per heavy atom. The summed E-state index contributed by atoms with van der Waals surface area (Å²) >= 11 is 1.34. The van der Waals surface area contributed by atoms with Gasteiger partial charge in [-0.15, -0.1) is 10.2 Å². The molecule has 1 fully saturated rings. The standard InChI is InChI=1S/C19H24N6OS/c1-13-7-16-17(8-14(13)2)25(11-20-16)9-15-3-5-24(6-4-15)10-18(26)22-19-23-21-12-27-19/h7-8,11-12,15H,3-6,9-10H2,1-2H3,(H,22,23,26). The van der Waals surface area contributed by atoms with Crippen LogP contribution >= 0.6 is 11.3 Å². The van der Waals surface area contributed by atoms with Gasteiger partial charge in [0.15, 0.2) is 0 Å². The molecule has 1 amide bonds. The topological polar surface area (TPSA) is 75.9 Å². The predicted octanol–water partition coefficient (Wildman–Crippen LogP) is 2.86. The van der Waals surface area contributed by atoms with Crippen LogP contribution in [0.3, 0.4) is 0 Å². The highest BCUT2D eigenvalue weighted by atomic mass is 32.1. The second-order valence-corrected chi connectivity index (χ2v) is 8.17. The number of nitrogens with zero attached hydrogens (tertiary/aromatic N) is 5. The summed E-state index contributed by atoms with van der Waals surface area (Å²) in [6.07, 6.45) is 4.15. The summed E-state index contributed by atoms with van der Waals surface area (Å²) in [7, 11) is 0. The van der Waals surface area contributed by atoms with E-state index >= 15 is 0 Å². The number of fused-ring (bicyclic) bond motifs is 1. The predicted molar refractivity (Wildman–Crippen MR) is 107 cm³/mol. The summed E-state index contributed by atoms with van der Waals surface area (Å²) in [5.74, 6) is 0.600. The molecule has 1 aliphatic rings. The Labute approximate surface area is 162 Å². The molecule has 0 saturated carbocycles. The summed E-state index contributed by atoms with van der Waals surface area (Å²) < 4.78 is 2.28. The number of carbonyl (C=O) groups excluding carboxylic acids is 1. The third kappa shape index (κ3) is 4.17. The maximum absolute atomic E-state index is 12.1. The Bertz CT molecular complexity index is 927. The van der Waals surface area contributed by atoms with E-state index in [-0.39, 0.29) is 5.91 Å². The van der Waals surface area contributed by atoms with Crippen molar-refractivity contribution in [3.05, 3.63) is 35.1 Å². The fourth-order valence-corrected chi connectivity index (χ4v) is 4.11. The second-order valence-electron chi connectivity index (χ2n) is 7.33. The third-order valence-electron chi connectivity index (χ3n) is 5.37. The van der Waals surface area contributed by atoms with Crippen LogP contribution in [0.15, 0.2) is 24.0 Å². The van der Waals surface area contributed by atoms with E-state index < -0.39 is 0 Å². The molecule has 1 aliphatic heterocycles. The van der Waals surface area contributed by atoms with Gasteiger partial charge in [-0.1, -0.05) is 11.3 Å². The fourth-order valence-electron chi connectivity index (χ4n) is 3.65. The van der Waals surface area contributed by atoms with Gasteiger partial charge >= 0.3 is 0 Å². The molecule has 3 heterocycles. The van der Waals surface area contributed by atoms with Crippen LogP contribution in [0.5, 0.6) is 0 Å². The number of piperidine rings is 1. The SMILES string of the molecule is Cc1cc2ncn(CC3CCN(CC(=O)Nc4nncs4)CC3)c2cc1C. The van der Waals surface area contributed by atoms with E-state index in [4.69, 9.17) is 0 Å². The van der Waals surface area contributed by atoms with Gasteiger partial charge in [0.1, 0.15) is 5.51 Å². The van der Waals surface area contributed by atoms with Crippen molar-refractivity contribution < 1.29 is 4.79 Å². The molecular weight excluding hydrogens is 360 g/mol. The lowest BCUT2D eigenvalue weighted by atomic mass is 9.96. The number of carbonyl (C=O) groups is 1. The quantitative estimate of drug-likeness (QED) is 0.732. The average molecular weight is 385 g/mol. The normalized spacial score (nSPS) is 16.1. The Morgan fingerprint density at radius 1 is 1.26 bits per heavy atom. The molecule has 0 radical (unpaired) electrons. The van der Waals surface area contributed by atoms with E-state index in [1.54, 1.807) is 5.51 Å². The van der Waals surface area contributed by atoms with Crippen LogP contribution < -0.4 is 5.32 Å². The number of aryl methyl sites for hydroxylation is 2. The second kappa shape index (κ2) is 7.74. The summed E-state index contributed by atoms with van der Waals surface area (Å²) in [5, 5.41) is 10.9. The molecule has 0 spiro atoms. The van der Waals surface area contributed by atoms with E-state index in [2.05, 4.69) is 55.9 Å². The zero-order valence-corrected chi connectivity index (χ0v) is 16.5. The molecule has 8 heteroatoms. The van der Waals surface area contributed by atoms with Crippen molar-refractivity contribution in [2.24, 2.45) is 5.92 Å².